The highest BCUT2D eigenvalue weighted by atomic mass is 32.2. The fourth-order valence-corrected chi connectivity index (χ4v) is 5.35. The van der Waals surface area contributed by atoms with E-state index in [0.29, 0.717) is 35.4 Å². The number of aryl methyl sites for hydroxylation is 1. The Bertz CT molecular complexity index is 1410. The van der Waals surface area contributed by atoms with Crippen LogP contribution in [0.4, 0.5) is 0 Å². The van der Waals surface area contributed by atoms with E-state index in [1.165, 1.54) is 28.2 Å². The molecule has 0 aliphatic carbocycles. The second-order valence-electron chi connectivity index (χ2n) is 7.04. The summed E-state index contributed by atoms with van der Waals surface area (Å²) in [4.78, 5) is 16.4. The molecule has 0 radical (unpaired) electrons. The lowest BCUT2D eigenvalue weighted by molar-refractivity contribution is -0.144. The second-order valence-corrected chi connectivity index (χ2v) is 8.93. The molecule has 1 atom stereocenters. The van der Waals surface area contributed by atoms with Gasteiger partial charge in [0.1, 0.15) is 11.6 Å². The third kappa shape index (κ3) is 3.02. The van der Waals surface area contributed by atoms with E-state index in [2.05, 4.69) is 30.7 Å². The van der Waals surface area contributed by atoms with Crippen LogP contribution in [0.15, 0.2) is 29.2 Å². The predicted molar refractivity (Wildman–Crippen MR) is 105 cm³/mol. The number of ether oxygens (including phenoxy) is 1. The van der Waals surface area contributed by atoms with Gasteiger partial charge in [0.25, 0.3) is 5.78 Å². The summed E-state index contributed by atoms with van der Waals surface area (Å²) < 4.78 is 34.9. The maximum absolute atomic E-state index is 13.1. The summed E-state index contributed by atoms with van der Waals surface area (Å²) in [7, 11) is -2.60. The van der Waals surface area contributed by atoms with Crippen LogP contribution in [0.25, 0.3) is 22.6 Å². The molecule has 1 unspecified atom stereocenters. The van der Waals surface area contributed by atoms with Crippen LogP contribution in [0.5, 0.6) is 0 Å². The zero-order valence-corrected chi connectivity index (χ0v) is 17.4. The number of fused-ring (bicyclic) bond motifs is 2. The molecule has 1 aliphatic rings. The van der Waals surface area contributed by atoms with Crippen molar-refractivity contribution in [1.29, 1.82) is 0 Å². The topological polar surface area (TPSA) is 150 Å². The van der Waals surface area contributed by atoms with Crippen LogP contribution in [0.1, 0.15) is 18.5 Å². The molecular formula is C17H17N9O4S. The Morgan fingerprint density at radius 1 is 1.19 bits per heavy atom. The molecule has 31 heavy (non-hydrogen) atoms. The molecule has 14 heteroatoms. The Hall–Kier alpha value is -3.52. The van der Waals surface area contributed by atoms with Crippen LogP contribution in [-0.2, 0) is 19.6 Å². The van der Waals surface area contributed by atoms with Crippen LogP contribution in [0.2, 0.25) is 0 Å². The Balaban J connectivity index is 1.52. The Morgan fingerprint density at radius 3 is 2.71 bits per heavy atom. The first-order chi connectivity index (χ1) is 14.9. The van der Waals surface area contributed by atoms with Crippen LogP contribution in [-0.4, -0.2) is 78.4 Å². The van der Waals surface area contributed by atoms with Crippen molar-refractivity contribution in [3.05, 3.63) is 30.0 Å². The smallest absolute Gasteiger partial charge is 0.324 e. The number of rotatable bonds is 4. The monoisotopic (exact) mass is 443 g/mol. The van der Waals surface area contributed by atoms with Crippen molar-refractivity contribution in [2.45, 2.75) is 30.7 Å². The number of aromatic nitrogens is 8. The molecule has 5 rings (SSSR count). The summed E-state index contributed by atoms with van der Waals surface area (Å²) >= 11 is 0. The van der Waals surface area contributed by atoms with Gasteiger partial charge in [-0.3, -0.25) is 4.79 Å². The molecule has 0 spiro atoms. The maximum Gasteiger partial charge on any atom is 0.324 e. The Labute approximate surface area is 175 Å². The lowest BCUT2D eigenvalue weighted by Crippen LogP contribution is -2.41. The summed E-state index contributed by atoms with van der Waals surface area (Å²) in [6, 6.07) is 5.38. The first-order valence-corrected chi connectivity index (χ1v) is 10.9. The molecular weight excluding hydrogens is 426 g/mol. The number of nitrogens with zero attached hydrogens (tertiary/aromatic N) is 9. The third-order valence-corrected chi connectivity index (χ3v) is 7.13. The number of hydrogen-bond donors (Lipinski definition) is 0. The molecule has 1 saturated heterocycles. The normalized spacial score (nSPS) is 17.5. The molecule has 1 fully saturated rings. The van der Waals surface area contributed by atoms with Gasteiger partial charge in [-0.1, -0.05) is 9.73 Å². The van der Waals surface area contributed by atoms with Gasteiger partial charge in [0.2, 0.25) is 15.7 Å². The van der Waals surface area contributed by atoms with E-state index in [1.54, 1.807) is 23.7 Å². The van der Waals surface area contributed by atoms with Gasteiger partial charge in [-0.2, -0.15) is 9.40 Å². The largest absolute Gasteiger partial charge is 0.468 e. The highest BCUT2D eigenvalue weighted by molar-refractivity contribution is 7.89. The van der Waals surface area contributed by atoms with Gasteiger partial charge in [0.05, 0.1) is 23.4 Å². The fourth-order valence-electron chi connectivity index (χ4n) is 3.70. The van der Waals surface area contributed by atoms with Crippen LogP contribution >= 0.6 is 0 Å². The van der Waals surface area contributed by atoms with Crippen molar-refractivity contribution in [3.8, 4) is 5.69 Å². The highest BCUT2D eigenvalue weighted by Gasteiger charge is 2.40. The first-order valence-electron chi connectivity index (χ1n) is 9.42. The lowest BCUT2D eigenvalue weighted by atomic mass is 10.2. The lowest BCUT2D eigenvalue weighted by Gasteiger charge is -2.22. The number of carbonyl (C=O) groups excluding carboxylic acids is 1. The van der Waals surface area contributed by atoms with Crippen molar-refractivity contribution in [3.63, 3.8) is 0 Å². The summed E-state index contributed by atoms with van der Waals surface area (Å²) in [5.41, 5.74) is 2.18. The van der Waals surface area contributed by atoms with Gasteiger partial charge in [-0.15, -0.1) is 5.10 Å². The van der Waals surface area contributed by atoms with Crippen molar-refractivity contribution in [1.82, 2.24) is 44.3 Å². The van der Waals surface area contributed by atoms with E-state index in [1.807, 2.05) is 0 Å². The number of esters is 1. The molecule has 0 saturated carbocycles. The standard InChI is InChI=1S/C17H17N9O4S/c1-10-14-15(21-26-17(18-14)19-22-23-26)25(20-10)11-5-7-12(8-6-11)31(28,29)24-9-3-4-13(24)16(27)30-2/h5-8,13H,3-4,9H2,1-2H3. The predicted octanol–water partition coefficient (Wildman–Crippen LogP) is -0.112. The van der Waals surface area contributed by atoms with Crippen molar-refractivity contribution >= 4 is 32.9 Å². The van der Waals surface area contributed by atoms with E-state index in [-0.39, 0.29) is 17.2 Å². The van der Waals surface area contributed by atoms with Gasteiger partial charge in [-0.05, 0) is 54.5 Å². The quantitative estimate of drug-likeness (QED) is 0.391. The van der Waals surface area contributed by atoms with Gasteiger partial charge in [0.15, 0.2) is 0 Å². The minimum absolute atomic E-state index is 0.0780. The molecule has 0 bridgehead atoms. The van der Waals surface area contributed by atoms with E-state index >= 15 is 0 Å². The minimum atomic E-state index is -3.86. The molecule has 160 valence electrons. The van der Waals surface area contributed by atoms with Crippen molar-refractivity contribution in [2.24, 2.45) is 0 Å². The number of benzene rings is 1. The van der Waals surface area contributed by atoms with Gasteiger partial charge < -0.3 is 4.74 Å². The van der Waals surface area contributed by atoms with E-state index < -0.39 is 22.0 Å². The zero-order valence-electron chi connectivity index (χ0n) is 16.6. The molecule has 0 N–H and O–H groups in total. The highest BCUT2D eigenvalue weighted by Crippen LogP contribution is 2.28. The third-order valence-electron chi connectivity index (χ3n) is 5.21. The summed E-state index contributed by atoms with van der Waals surface area (Å²) in [5, 5.41) is 19.9. The summed E-state index contributed by atoms with van der Waals surface area (Å²) in [6.07, 6.45) is 1.03. The fraction of sp³-hybridized carbons (Fsp3) is 0.353. The molecule has 0 amide bonds. The number of methoxy groups -OCH3 is 1. The molecule has 4 aromatic rings. The number of hydrogen-bond acceptors (Lipinski definition) is 10. The molecule has 3 aromatic heterocycles. The summed E-state index contributed by atoms with van der Waals surface area (Å²) in [5.74, 6) is -0.300. The number of sulfonamides is 1. The van der Waals surface area contributed by atoms with Crippen LogP contribution < -0.4 is 0 Å². The average molecular weight is 443 g/mol. The second kappa shape index (κ2) is 7.02. The van der Waals surface area contributed by atoms with Crippen molar-refractivity contribution < 1.29 is 17.9 Å². The maximum atomic E-state index is 13.1. The number of tetrazole rings is 1. The minimum Gasteiger partial charge on any atom is -0.468 e. The molecule has 13 nitrogen and oxygen atoms in total. The zero-order chi connectivity index (χ0) is 21.8. The van der Waals surface area contributed by atoms with E-state index in [9.17, 15) is 13.2 Å². The number of carbonyl (C=O) groups is 1. The molecule has 4 heterocycles. The van der Waals surface area contributed by atoms with Gasteiger partial charge in [0, 0.05) is 6.54 Å². The van der Waals surface area contributed by atoms with Crippen LogP contribution in [0.3, 0.4) is 0 Å². The van der Waals surface area contributed by atoms with Gasteiger partial charge >= 0.3 is 5.97 Å². The van der Waals surface area contributed by atoms with E-state index in [4.69, 9.17) is 4.74 Å². The van der Waals surface area contributed by atoms with E-state index in [0.717, 1.165) is 0 Å². The molecule has 1 aliphatic heterocycles. The van der Waals surface area contributed by atoms with Crippen LogP contribution in [0, 0.1) is 6.92 Å². The van der Waals surface area contributed by atoms with Gasteiger partial charge in [-0.25, -0.2) is 18.1 Å². The molecule has 1 aromatic carbocycles. The SMILES string of the molecule is COC(=O)C1CCCN1S(=O)(=O)c1ccc(-n2nc(C)c3nc4nnnn4nc32)cc1. The Morgan fingerprint density at radius 2 is 1.97 bits per heavy atom. The average Bonchev–Trinajstić information content (AvgIpc) is 3.51. The Kier molecular flexibility index (Phi) is 4.40. The van der Waals surface area contributed by atoms with Crippen molar-refractivity contribution in [2.75, 3.05) is 13.7 Å². The summed E-state index contributed by atoms with van der Waals surface area (Å²) in [6.45, 7) is 2.05. The first kappa shape index (κ1) is 19.4.